The molecule has 25 heavy (non-hydrogen) atoms. The molecule has 0 radical (unpaired) electrons. The molecule has 4 N–H and O–H groups in total. The van der Waals surface area contributed by atoms with Gasteiger partial charge in [-0.05, 0) is 25.5 Å². The molecule has 0 saturated heterocycles. The van der Waals surface area contributed by atoms with E-state index in [9.17, 15) is 14.7 Å². The van der Waals surface area contributed by atoms with Crippen LogP contribution in [0.25, 0.3) is 0 Å². The number of carbonyl (C=O) groups is 2. The molecule has 130 valence electrons. The highest BCUT2D eigenvalue weighted by Gasteiger charge is 2.26. The average Bonchev–Trinajstić information content (AvgIpc) is 2.64. The second-order valence-electron chi connectivity index (χ2n) is 5.54. The van der Waals surface area contributed by atoms with Gasteiger partial charge in [0, 0.05) is 29.4 Å². The molecular weight excluding hydrogens is 322 g/mol. The Morgan fingerprint density at radius 1 is 1.44 bits per heavy atom. The Morgan fingerprint density at radius 2 is 2.24 bits per heavy atom. The molecule has 2 rings (SSSR count). The molecule has 1 heterocycles. The first-order valence-electron chi connectivity index (χ1n) is 7.74. The third kappa shape index (κ3) is 5.28. The van der Waals surface area contributed by atoms with Crippen molar-refractivity contribution in [1.82, 2.24) is 15.8 Å². The summed E-state index contributed by atoms with van der Waals surface area (Å²) in [6, 6.07) is 2.43. The van der Waals surface area contributed by atoms with Crippen molar-refractivity contribution in [2.45, 2.75) is 25.5 Å². The molecule has 2 amide bonds. The summed E-state index contributed by atoms with van der Waals surface area (Å²) in [5.74, 6) is 4.70. The SMILES string of the molecule is CC(O)C(NC(=O)C1=CCC(C#Cc2cccnc2)C=C1)C(=O)NO. The number of hydrogen-bond acceptors (Lipinski definition) is 5. The molecular formula is C18H19N3O4. The quantitative estimate of drug-likeness (QED) is 0.358. The summed E-state index contributed by atoms with van der Waals surface area (Å²) in [5.41, 5.74) is 2.61. The fourth-order valence-corrected chi connectivity index (χ4v) is 2.21. The van der Waals surface area contributed by atoms with E-state index in [2.05, 4.69) is 22.1 Å². The molecule has 0 aromatic carbocycles. The van der Waals surface area contributed by atoms with Crippen LogP contribution in [0.15, 0.2) is 48.3 Å². The van der Waals surface area contributed by atoms with Crippen LogP contribution in [0, 0.1) is 17.8 Å². The number of pyridine rings is 1. The predicted octanol–water partition coefficient (Wildman–Crippen LogP) is 0.307. The van der Waals surface area contributed by atoms with Crippen molar-refractivity contribution in [1.29, 1.82) is 0 Å². The molecule has 0 spiro atoms. The molecule has 0 aliphatic heterocycles. The van der Waals surface area contributed by atoms with E-state index in [4.69, 9.17) is 5.21 Å². The van der Waals surface area contributed by atoms with Crippen LogP contribution < -0.4 is 10.8 Å². The van der Waals surface area contributed by atoms with Crippen molar-refractivity contribution in [3.63, 3.8) is 0 Å². The van der Waals surface area contributed by atoms with E-state index < -0.39 is 24.0 Å². The zero-order chi connectivity index (χ0) is 18.2. The lowest BCUT2D eigenvalue weighted by molar-refractivity contribution is -0.136. The highest BCUT2D eigenvalue weighted by molar-refractivity contribution is 5.99. The summed E-state index contributed by atoms with van der Waals surface area (Å²) < 4.78 is 0. The third-order valence-corrected chi connectivity index (χ3v) is 3.59. The minimum Gasteiger partial charge on any atom is -0.391 e. The first-order chi connectivity index (χ1) is 12.0. The number of carbonyl (C=O) groups excluding carboxylic acids is 2. The van der Waals surface area contributed by atoms with Gasteiger partial charge in [0.25, 0.3) is 11.8 Å². The molecule has 3 atom stereocenters. The van der Waals surface area contributed by atoms with E-state index in [1.165, 1.54) is 12.4 Å². The highest BCUT2D eigenvalue weighted by atomic mass is 16.5. The lowest BCUT2D eigenvalue weighted by atomic mass is 9.96. The standard InChI is InChI=1S/C18H19N3O4/c1-12(22)16(18(24)21-25)20-17(23)15-8-6-13(7-9-15)4-5-14-3-2-10-19-11-14/h2-3,6,8-13,16,22,25H,7H2,1H3,(H,20,23)(H,21,24). The largest absolute Gasteiger partial charge is 0.391 e. The van der Waals surface area contributed by atoms with Gasteiger partial charge in [0.15, 0.2) is 0 Å². The van der Waals surface area contributed by atoms with Gasteiger partial charge in [-0.2, -0.15) is 0 Å². The first kappa shape index (κ1) is 18.4. The zero-order valence-electron chi connectivity index (χ0n) is 13.6. The van der Waals surface area contributed by atoms with Gasteiger partial charge in [-0.15, -0.1) is 0 Å². The van der Waals surface area contributed by atoms with Gasteiger partial charge in [0.05, 0.1) is 6.10 Å². The Bertz CT molecular complexity index is 745. The molecule has 1 aliphatic carbocycles. The van der Waals surface area contributed by atoms with Crippen molar-refractivity contribution in [3.8, 4) is 11.8 Å². The molecule has 1 aromatic rings. The van der Waals surface area contributed by atoms with E-state index in [1.54, 1.807) is 24.5 Å². The molecule has 0 bridgehead atoms. The van der Waals surface area contributed by atoms with Gasteiger partial charge in [0.1, 0.15) is 6.04 Å². The summed E-state index contributed by atoms with van der Waals surface area (Å²) in [6.45, 7) is 1.34. The number of aliphatic hydroxyl groups excluding tert-OH is 1. The van der Waals surface area contributed by atoms with Gasteiger partial charge in [0.2, 0.25) is 0 Å². The molecule has 1 aliphatic rings. The number of nitrogens with one attached hydrogen (secondary N) is 2. The van der Waals surface area contributed by atoms with E-state index >= 15 is 0 Å². The maximum atomic E-state index is 12.2. The Balaban J connectivity index is 1.96. The van der Waals surface area contributed by atoms with Crippen molar-refractivity contribution in [3.05, 3.63) is 53.9 Å². The summed E-state index contributed by atoms with van der Waals surface area (Å²) in [4.78, 5) is 27.6. The highest BCUT2D eigenvalue weighted by Crippen LogP contribution is 2.16. The van der Waals surface area contributed by atoms with Crippen LogP contribution in [0.5, 0.6) is 0 Å². The van der Waals surface area contributed by atoms with Gasteiger partial charge >= 0.3 is 0 Å². The number of aliphatic hydroxyl groups is 1. The fourth-order valence-electron chi connectivity index (χ4n) is 2.21. The van der Waals surface area contributed by atoms with Crippen LogP contribution in [0.4, 0.5) is 0 Å². The Morgan fingerprint density at radius 3 is 2.80 bits per heavy atom. The monoisotopic (exact) mass is 341 g/mol. The third-order valence-electron chi connectivity index (χ3n) is 3.59. The maximum absolute atomic E-state index is 12.2. The van der Waals surface area contributed by atoms with Crippen LogP contribution in [0.1, 0.15) is 18.9 Å². The summed E-state index contributed by atoms with van der Waals surface area (Å²) in [5, 5.41) is 20.6. The molecule has 7 nitrogen and oxygen atoms in total. The van der Waals surface area contributed by atoms with Crippen molar-refractivity contribution in [2.24, 2.45) is 5.92 Å². The zero-order valence-corrected chi connectivity index (χ0v) is 13.6. The van der Waals surface area contributed by atoms with Crippen LogP contribution in [0.2, 0.25) is 0 Å². The Hall–Kier alpha value is -2.95. The smallest absolute Gasteiger partial charge is 0.268 e. The number of allylic oxidation sites excluding steroid dienone is 2. The van der Waals surface area contributed by atoms with Crippen molar-refractivity contribution < 1.29 is 19.9 Å². The van der Waals surface area contributed by atoms with Gasteiger partial charge < -0.3 is 10.4 Å². The normalized spacial score (nSPS) is 18.2. The minimum absolute atomic E-state index is 0.0231. The second-order valence-corrected chi connectivity index (χ2v) is 5.54. The van der Waals surface area contributed by atoms with Gasteiger partial charge in [-0.1, -0.05) is 30.1 Å². The fraction of sp³-hybridized carbons (Fsp3) is 0.278. The van der Waals surface area contributed by atoms with Crippen LogP contribution >= 0.6 is 0 Å². The van der Waals surface area contributed by atoms with Gasteiger partial charge in [-0.3, -0.25) is 19.8 Å². The predicted molar refractivity (Wildman–Crippen MR) is 90.0 cm³/mol. The number of aromatic nitrogens is 1. The Labute approximate surface area is 145 Å². The number of rotatable bonds is 4. The second kappa shape index (κ2) is 8.78. The number of nitrogens with zero attached hydrogens (tertiary/aromatic N) is 1. The number of amides is 2. The molecule has 0 saturated carbocycles. The molecule has 7 heteroatoms. The summed E-state index contributed by atoms with van der Waals surface area (Å²) in [7, 11) is 0. The van der Waals surface area contributed by atoms with Crippen LogP contribution in [0.3, 0.4) is 0 Å². The summed E-state index contributed by atoms with van der Waals surface area (Å²) >= 11 is 0. The number of hydroxylamine groups is 1. The van der Waals surface area contributed by atoms with Crippen molar-refractivity contribution in [2.75, 3.05) is 0 Å². The number of hydrogen-bond donors (Lipinski definition) is 4. The summed E-state index contributed by atoms with van der Waals surface area (Å²) in [6.07, 6.45) is 7.90. The van der Waals surface area contributed by atoms with Crippen LogP contribution in [-0.2, 0) is 9.59 Å². The lowest BCUT2D eigenvalue weighted by Crippen LogP contribution is -2.52. The molecule has 0 fully saturated rings. The topological polar surface area (TPSA) is 112 Å². The average molecular weight is 341 g/mol. The molecule has 1 aromatic heterocycles. The van der Waals surface area contributed by atoms with Gasteiger partial charge in [-0.25, -0.2) is 5.48 Å². The lowest BCUT2D eigenvalue weighted by Gasteiger charge is -2.20. The van der Waals surface area contributed by atoms with E-state index in [0.717, 1.165) is 5.56 Å². The van der Waals surface area contributed by atoms with E-state index in [1.807, 2.05) is 18.2 Å². The van der Waals surface area contributed by atoms with Crippen LogP contribution in [-0.4, -0.2) is 39.3 Å². The molecule has 3 unspecified atom stereocenters. The van der Waals surface area contributed by atoms with Crippen molar-refractivity contribution >= 4 is 11.8 Å². The first-order valence-corrected chi connectivity index (χ1v) is 7.74. The Kier molecular flexibility index (Phi) is 6.46. The van der Waals surface area contributed by atoms with E-state index in [0.29, 0.717) is 12.0 Å². The maximum Gasteiger partial charge on any atom is 0.268 e. The minimum atomic E-state index is -1.24. The van der Waals surface area contributed by atoms with E-state index in [-0.39, 0.29) is 5.92 Å².